The van der Waals surface area contributed by atoms with Crippen LogP contribution in [0.2, 0.25) is 5.02 Å². The smallest absolute Gasteiger partial charge is 0.478 e. The summed E-state index contributed by atoms with van der Waals surface area (Å²) >= 11 is 8.34. The number of ether oxygens (including phenoxy) is 1. The van der Waals surface area contributed by atoms with Gasteiger partial charge in [-0.3, -0.25) is 0 Å². The highest BCUT2D eigenvalue weighted by molar-refractivity contribution is 9.10. The van der Waals surface area contributed by atoms with Crippen LogP contribution in [0.1, 0.15) is 10.4 Å². The van der Waals surface area contributed by atoms with E-state index in [-0.39, 0.29) is 4.47 Å². The van der Waals surface area contributed by atoms with Crippen molar-refractivity contribution in [3.8, 4) is 5.75 Å². The highest BCUT2D eigenvalue weighted by Gasteiger charge is 2.33. The van der Waals surface area contributed by atoms with Crippen LogP contribution < -0.4 is 4.74 Å². The van der Waals surface area contributed by atoms with E-state index in [2.05, 4.69) is 20.7 Å². The van der Waals surface area contributed by atoms with Gasteiger partial charge in [0.15, 0.2) is 0 Å². The van der Waals surface area contributed by atoms with E-state index >= 15 is 0 Å². The van der Waals surface area contributed by atoms with Crippen molar-refractivity contribution >= 4 is 33.5 Å². The Labute approximate surface area is 101 Å². The monoisotopic (exact) mass is 318 g/mol. The van der Waals surface area contributed by atoms with E-state index in [1.807, 2.05) is 0 Å². The van der Waals surface area contributed by atoms with Crippen LogP contribution in [0.3, 0.4) is 0 Å². The molecule has 16 heavy (non-hydrogen) atoms. The normalized spacial score (nSPS) is 11.3. The van der Waals surface area contributed by atoms with Crippen LogP contribution in [0.15, 0.2) is 16.6 Å². The summed E-state index contributed by atoms with van der Waals surface area (Å²) in [4.78, 5) is 10.7. The zero-order valence-corrected chi connectivity index (χ0v) is 9.65. The molecule has 1 rings (SSSR count). The first-order chi connectivity index (χ1) is 7.22. The zero-order valence-electron chi connectivity index (χ0n) is 7.31. The summed E-state index contributed by atoms with van der Waals surface area (Å²) in [6, 6.07) is 2.03. The second-order valence-electron chi connectivity index (χ2n) is 2.59. The van der Waals surface area contributed by atoms with Gasteiger partial charge in [-0.05, 0) is 28.1 Å². The topological polar surface area (TPSA) is 46.5 Å². The van der Waals surface area contributed by atoms with Gasteiger partial charge in [0.2, 0.25) is 0 Å². The standard InChI is InChI=1S/C8H3BrClF3O3/c9-3-1-2-4(16-8(11,12)13)6(10)5(3)7(14)15/h1-2H,(H,14,15). The van der Waals surface area contributed by atoms with Crippen molar-refractivity contribution in [2.45, 2.75) is 6.36 Å². The van der Waals surface area contributed by atoms with E-state index in [1.165, 1.54) is 0 Å². The predicted octanol–water partition coefficient (Wildman–Crippen LogP) is 3.70. The van der Waals surface area contributed by atoms with Crippen LogP contribution >= 0.6 is 27.5 Å². The lowest BCUT2D eigenvalue weighted by atomic mass is 10.2. The fraction of sp³-hybridized carbons (Fsp3) is 0.125. The Morgan fingerprint density at radius 2 is 2.00 bits per heavy atom. The lowest BCUT2D eigenvalue weighted by Gasteiger charge is -2.12. The lowest BCUT2D eigenvalue weighted by molar-refractivity contribution is -0.274. The average molecular weight is 319 g/mol. The van der Waals surface area contributed by atoms with E-state index in [1.54, 1.807) is 0 Å². The molecule has 0 unspecified atom stereocenters. The molecule has 0 heterocycles. The van der Waals surface area contributed by atoms with Crippen molar-refractivity contribution in [3.05, 3.63) is 27.2 Å². The first-order valence-electron chi connectivity index (χ1n) is 3.69. The molecule has 0 bridgehead atoms. The van der Waals surface area contributed by atoms with Crippen LogP contribution in [0.25, 0.3) is 0 Å². The summed E-state index contributed by atoms with van der Waals surface area (Å²) in [7, 11) is 0. The molecule has 0 fully saturated rings. The molecular weight excluding hydrogens is 316 g/mol. The largest absolute Gasteiger partial charge is 0.573 e. The van der Waals surface area contributed by atoms with Crippen molar-refractivity contribution in [1.82, 2.24) is 0 Å². The molecule has 88 valence electrons. The summed E-state index contributed by atoms with van der Waals surface area (Å²) in [6.45, 7) is 0. The lowest BCUT2D eigenvalue weighted by Crippen LogP contribution is -2.18. The third kappa shape index (κ3) is 3.02. The van der Waals surface area contributed by atoms with Gasteiger partial charge >= 0.3 is 12.3 Å². The number of hydrogen-bond donors (Lipinski definition) is 1. The molecule has 0 radical (unpaired) electrons. The molecule has 8 heteroatoms. The van der Waals surface area contributed by atoms with Crippen molar-refractivity contribution in [1.29, 1.82) is 0 Å². The molecule has 0 aliphatic carbocycles. The predicted molar refractivity (Wildman–Crippen MR) is 52.8 cm³/mol. The molecule has 0 amide bonds. The number of rotatable bonds is 2. The fourth-order valence-corrected chi connectivity index (χ4v) is 1.83. The van der Waals surface area contributed by atoms with E-state index in [0.717, 1.165) is 12.1 Å². The second-order valence-corrected chi connectivity index (χ2v) is 3.82. The maximum atomic E-state index is 11.9. The van der Waals surface area contributed by atoms with E-state index < -0.39 is 28.7 Å². The van der Waals surface area contributed by atoms with Gasteiger partial charge in [-0.1, -0.05) is 11.6 Å². The van der Waals surface area contributed by atoms with E-state index in [0.29, 0.717) is 0 Å². The van der Waals surface area contributed by atoms with Gasteiger partial charge in [0, 0.05) is 4.47 Å². The summed E-state index contributed by atoms with van der Waals surface area (Å²) in [6.07, 6.45) is -4.92. The summed E-state index contributed by atoms with van der Waals surface area (Å²) in [5, 5.41) is 8.11. The van der Waals surface area contributed by atoms with Gasteiger partial charge in [0.1, 0.15) is 5.75 Å². The minimum absolute atomic E-state index is 0.0690. The van der Waals surface area contributed by atoms with Crippen molar-refractivity contribution in [2.24, 2.45) is 0 Å². The van der Waals surface area contributed by atoms with Crippen LogP contribution in [0.5, 0.6) is 5.75 Å². The summed E-state index contributed by atoms with van der Waals surface area (Å²) < 4.78 is 39.4. The number of benzene rings is 1. The molecule has 0 spiro atoms. The van der Waals surface area contributed by atoms with Crippen molar-refractivity contribution in [2.75, 3.05) is 0 Å². The number of aromatic carboxylic acids is 1. The first-order valence-corrected chi connectivity index (χ1v) is 4.86. The molecule has 1 aromatic carbocycles. The number of carbonyl (C=O) groups is 1. The second kappa shape index (κ2) is 4.50. The Kier molecular flexibility index (Phi) is 3.69. The van der Waals surface area contributed by atoms with Gasteiger partial charge in [0.25, 0.3) is 0 Å². The highest BCUT2D eigenvalue weighted by Crippen LogP contribution is 2.36. The Morgan fingerprint density at radius 3 is 2.44 bits per heavy atom. The summed E-state index contributed by atoms with van der Waals surface area (Å²) in [5.41, 5.74) is -0.483. The first kappa shape index (κ1) is 13.1. The molecule has 0 saturated carbocycles. The third-order valence-electron chi connectivity index (χ3n) is 1.50. The van der Waals surface area contributed by atoms with E-state index in [9.17, 15) is 18.0 Å². The molecule has 1 aromatic rings. The number of halogens is 5. The highest BCUT2D eigenvalue weighted by atomic mass is 79.9. The number of carboxylic acids is 1. The Morgan fingerprint density at radius 1 is 1.44 bits per heavy atom. The Bertz CT molecular complexity index is 433. The maximum absolute atomic E-state index is 11.9. The molecule has 0 aliphatic heterocycles. The van der Waals surface area contributed by atoms with Crippen LogP contribution in [0.4, 0.5) is 13.2 Å². The summed E-state index contributed by atoms with van der Waals surface area (Å²) in [5.74, 6) is -2.21. The number of carboxylic acid groups (broad SMARTS) is 1. The van der Waals surface area contributed by atoms with Crippen LogP contribution in [-0.2, 0) is 0 Å². The molecule has 0 aliphatic rings. The molecular formula is C8H3BrClF3O3. The molecule has 3 nitrogen and oxygen atoms in total. The van der Waals surface area contributed by atoms with Crippen LogP contribution in [-0.4, -0.2) is 17.4 Å². The van der Waals surface area contributed by atoms with Gasteiger partial charge in [-0.15, -0.1) is 13.2 Å². The molecule has 0 atom stereocenters. The molecule has 1 N–H and O–H groups in total. The van der Waals surface area contributed by atoms with Crippen molar-refractivity contribution in [3.63, 3.8) is 0 Å². The minimum Gasteiger partial charge on any atom is -0.478 e. The average Bonchev–Trinajstić information content (AvgIpc) is 2.07. The van der Waals surface area contributed by atoms with Gasteiger partial charge in [0.05, 0.1) is 10.6 Å². The van der Waals surface area contributed by atoms with Crippen molar-refractivity contribution < 1.29 is 27.8 Å². The SMILES string of the molecule is O=C(O)c1c(Br)ccc(OC(F)(F)F)c1Cl. The number of alkyl halides is 3. The van der Waals surface area contributed by atoms with Gasteiger partial charge in [-0.2, -0.15) is 0 Å². The molecule has 0 aromatic heterocycles. The Balaban J connectivity index is 3.24. The minimum atomic E-state index is -4.92. The zero-order chi connectivity index (χ0) is 12.5. The number of hydrogen-bond acceptors (Lipinski definition) is 2. The van der Waals surface area contributed by atoms with Gasteiger partial charge in [-0.25, -0.2) is 4.79 Å². The molecule has 0 saturated heterocycles. The fourth-order valence-electron chi connectivity index (χ4n) is 0.933. The third-order valence-corrected chi connectivity index (χ3v) is 2.53. The maximum Gasteiger partial charge on any atom is 0.573 e. The quantitative estimate of drug-likeness (QED) is 0.904. The van der Waals surface area contributed by atoms with E-state index in [4.69, 9.17) is 16.7 Å². The van der Waals surface area contributed by atoms with Gasteiger partial charge < -0.3 is 9.84 Å². The van der Waals surface area contributed by atoms with Crippen LogP contribution in [0, 0.1) is 0 Å². The Hall–Kier alpha value is -0.950.